The highest BCUT2D eigenvalue weighted by Gasteiger charge is 2.08. The minimum atomic E-state index is -0.0834. The molecule has 0 spiro atoms. The Morgan fingerprint density at radius 1 is 1.50 bits per heavy atom. The maximum absolute atomic E-state index is 5.14. The standard InChI is InChI=1S/C5H10OS2/c1-5(2,3)6-8-4-7/h4H,1-3H3. The van der Waals surface area contributed by atoms with Gasteiger partial charge >= 0.3 is 0 Å². The minimum absolute atomic E-state index is 0.0834. The van der Waals surface area contributed by atoms with Crippen molar-refractivity contribution < 1.29 is 4.18 Å². The lowest BCUT2D eigenvalue weighted by molar-refractivity contribution is 0.167. The Labute approximate surface area is 60.0 Å². The lowest BCUT2D eigenvalue weighted by Gasteiger charge is -2.15. The Hall–Kier alpha value is 0.400. The summed E-state index contributed by atoms with van der Waals surface area (Å²) in [6.45, 7) is 5.95. The molecule has 0 aliphatic heterocycles. The van der Waals surface area contributed by atoms with Crippen LogP contribution < -0.4 is 0 Å². The molecule has 0 heterocycles. The topological polar surface area (TPSA) is 9.23 Å². The van der Waals surface area contributed by atoms with Gasteiger partial charge in [0, 0.05) is 12.0 Å². The molecule has 48 valence electrons. The van der Waals surface area contributed by atoms with E-state index >= 15 is 0 Å². The van der Waals surface area contributed by atoms with E-state index in [0.29, 0.717) is 0 Å². The largest absolute Gasteiger partial charge is 0.304 e. The smallest absolute Gasteiger partial charge is 0.0750 e. The Morgan fingerprint density at radius 3 is 2.12 bits per heavy atom. The van der Waals surface area contributed by atoms with Crippen molar-refractivity contribution in [3.05, 3.63) is 0 Å². The van der Waals surface area contributed by atoms with Crippen LogP contribution in [0, 0.1) is 0 Å². The first-order valence-electron chi connectivity index (χ1n) is 2.34. The first kappa shape index (κ1) is 8.40. The van der Waals surface area contributed by atoms with Gasteiger partial charge in [-0.25, -0.2) is 0 Å². The summed E-state index contributed by atoms with van der Waals surface area (Å²) in [6.07, 6.45) is 0. The summed E-state index contributed by atoms with van der Waals surface area (Å²) >= 11 is 5.74. The van der Waals surface area contributed by atoms with E-state index in [4.69, 9.17) is 4.18 Å². The molecular formula is C5H10OS2. The summed E-state index contributed by atoms with van der Waals surface area (Å²) in [5, 5.41) is 0. The molecule has 0 aliphatic rings. The maximum Gasteiger partial charge on any atom is 0.0750 e. The zero-order valence-corrected chi connectivity index (χ0v) is 6.94. The van der Waals surface area contributed by atoms with Crippen molar-refractivity contribution in [3.8, 4) is 0 Å². The fourth-order valence-corrected chi connectivity index (χ4v) is 0.610. The van der Waals surface area contributed by atoms with Gasteiger partial charge in [-0.2, -0.15) is 0 Å². The van der Waals surface area contributed by atoms with Crippen molar-refractivity contribution in [2.45, 2.75) is 26.4 Å². The van der Waals surface area contributed by atoms with E-state index in [0.717, 1.165) is 0 Å². The Bertz CT molecular complexity index is 75.0. The molecule has 3 heteroatoms. The van der Waals surface area contributed by atoms with Crippen LogP contribution in [0.25, 0.3) is 0 Å². The summed E-state index contributed by atoms with van der Waals surface area (Å²) in [6, 6.07) is 0. The van der Waals surface area contributed by atoms with Crippen molar-refractivity contribution in [1.29, 1.82) is 0 Å². The minimum Gasteiger partial charge on any atom is -0.304 e. The molecule has 0 bridgehead atoms. The third-order valence-corrected chi connectivity index (χ3v) is 1.25. The Morgan fingerprint density at radius 2 is 2.00 bits per heavy atom. The number of hydrogen-bond acceptors (Lipinski definition) is 3. The van der Waals surface area contributed by atoms with Crippen molar-refractivity contribution in [2.24, 2.45) is 0 Å². The Balaban J connectivity index is 3.24. The summed E-state index contributed by atoms with van der Waals surface area (Å²) in [5.41, 5.74) is -0.0834. The summed E-state index contributed by atoms with van der Waals surface area (Å²) in [4.78, 5) is 0. The van der Waals surface area contributed by atoms with E-state index in [1.165, 1.54) is 16.7 Å². The van der Waals surface area contributed by atoms with Gasteiger partial charge in [-0.05, 0) is 20.8 Å². The lowest BCUT2D eigenvalue weighted by Crippen LogP contribution is -2.14. The molecule has 0 fully saturated rings. The first-order valence-corrected chi connectivity index (χ1v) is 3.62. The molecule has 0 aromatic rings. The van der Waals surface area contributed by atoms with Gasteiger partial charge in [0.15, 0.2) is 0 Å². The van der Waals surface area contributed by atoms with Gasteiger partial charge in [0.2, 0.25) is 0 Å². The van der Waals surface area contributed by atoms with Crippen LogP contribution in [0.2, 0.25) is 0 Å². The van der Waals surface area contributed by atoms with Crippen molar-refractivity contribution >= 4 is 29.0 Å². The molecule has 0 N–H and O–H groups in total. The van der Waals surface area contributed by atoms with Crippen LogP contribution in [0.1, 0.15) is 20.8 Å². The zero-order valence-electron chi connectivity index (χ0n) is 5.30. The van der Waals surface area contributed by atoms with Crippen LogP contribution in [0.3, 0.4) is 0 Å². The van der Waals surface area contributed by atoms with E-state index in [9.17, 15) is 0 Å². The lowest BCUT2D eigenvalue weighted by atomic mass is 10.2. The van der Waals surface area contributed by atoms with Crippen LogP contribution in [-0.4, -0.2) is 10.3 Å². The third kappa shape index (κ3) is 6.40. The molecule has 0 rings (SSSR count). The molecule has 0 unspecified atom stereocenters. The SMILES string of the molecule is CC(C)(C)OSC=S. The zero-order chi connectivity index (χ0) is 6.62. The molecular weight excluding hydrogens is 140 g/mol. The monoisotopic (exact) mass is 150 g/mol. The summed E-state index contributed by atoms with van der Waals surface area (Å²) < 4.78 is 6.64. The average Bonchev–Trinajstić information content (AvgIpc) is 1.59. The molecule has 0 aromatic heterocycles. The highest BCUT2D eigenvalue weighted by atomic mass is 32.2. The molecule has 0 amide bonds. The molecule has 0 aliphatic carbocycles. The van der Waals surface area contributed by atoms with E-state index < -0.39 is 0 Å². The van der Waals surface area contributed by atoms with Gasteiger partial charge in [0.1, 0.15) is 0 Å². The predicted octanol–water partition coefficient (Wildman–Crippen LogP) is 2.41. The highest BCUT2D eigenvalue weighted by molar-refractivity contribution is 8.17. The molecule has 8 heavy (non-hydrogen) atoms. The van der Waals surface area contributed by atoms with Crippen LogP contribution in [0.5, 0.6) is 0 Å². The van der Waals surface area contributed by atoms with E-state index in [1.807, 2.05) is 20.8 Å². The quantitative estimate of drug-likeness (QED) is 0.442. The van der Waals surface area contributed by atoms with Gasteiger partial charge in [0.05, 0.1) is 10.3 Å². The second-order valence-corrected chi connectivity index (χ2v) is 3.52. The van der Waals surface area contributed by atoms with Crippen LogP contribution in [0.15, 0.2) is 0 Å². The van der Waals surface area contributed by atoms with Crippen LogP contribution >= 0.6 is 24.3 Å². The molecule has 1 nitrogen and oxygen atoms in total. The summed E-state index contributed by atoms with van der Waals surface area (Å²) in [7, 11) is 0. The van der Waals surface area contributed by atoms with Crippen molar-refractivity contribution in [3.63, 3.8) is 0 Å². The van der Waals surface area contributed by atoms with E-state index in [1.54, 1.807) is 0 Å². The van der Waals surface area contributed by atoms with E-state index in [-0.39, 0.29) is 5.60 Å². The molecule has 0 aromatic carbocycles. The van der Waals surface area contributed by atoms with Crippen LogP contribution in [0.4, 0.5) is 0 Å². The van der Waals surface area contributed by atoms with Crippen molar-refractivity contribution in [1.82, 2.24) is 0 Å². The van der Waals surface area contributed by atoms with Gasteiger partial charge in [-0.15, -0.1) is 0 Å². The summed E-state index contributed by atoms with van der Waals surface area (Å²) in [5.74, 6) is 0. The fourth-order valence-electron chi connectivity index (χ4n) is 0.164. The van der Waals surface area contributed by atoms with Gasteiger partial charge < -0.3 is 4.18 Å². The fraction of sp³-hybridized carbons (Fsp3) is 0.800. The van der Waals surface area contributed by atoms with Crippen LogP contribution in [-0.2, 0) is 4.18 Å². The highest BCUT2D eigenvalue weighted by Crippen LogP contribution is 2.14. The number of rotatable bonds is 2. The predicted molar refractivity (Wildman–Crippen MR) is 42.1 cm³/mol. The third-order valence-electron chi connectivity index (χ3n) is 0.337. The van der Waals surface area contributed by atoms with E-state index in [2.05, 4.69) is 12.2 Å². The molecule has 0 atom stereocenters. The van der Waals surface area contributed by atoms with Gasteiger partial charge in [0.25, 0.3) is 0 Å². The Kier molecular flexibility index (Phi) is 3.60. The molecule has 0 radical (unpaired) electrons. The molecule has 0 saturated heterocycles. The normalized spacial score (nSPS) is 11.4. The molecule has 0 saturated carbocycles. The van der Waals surface area contributed by atoms with Gasteiger partial charge in [-0.1, -0.05) is 12.2 Å². The maximum atomic E-state index is 5.14. The van der Waals surface area contributed by atoms with Gasteiger partial charge in [-0.3, -0.25) is 0 Å². The first-order chi connectivity index (χ1) is 3.56. The van der Waals surface area contributed by atoms with Crippen molar-refractivity contribution in [2.75, 3.05) is 0 Å². The number of thiocarbonyl (C=S) groups is 1. The number of hydrogen-bond donors (Lipinski definition) is 0. The second kappa shape index (κ2) is 3.43. The average molecular weight is 150 g/mol. The second-order valence-electron chi connectivity index (χ2n) is 2.39.